The first kappa shape index (κ1) is 15.8. The molecule has 0 bridgehead atoms. The van der Waals surface area contributed by atoms with E-state index in [0.29, 0.717) is 12.5 Å². The zero-order chi connectivity index (χ0) is 14.4. The average Bonchev–Trinajstić information content (AvgIpc) is 2.46. The summed E-state index contributed by atoms with van der Waals surface area (Å²) in [6.45, 7) is 0.750. The Labute approximate surface area is 122 Å². The van der Waals surface area contributed by atoms with Gasteiger partial charge in [0.15, 0.2) is 0 Å². The van der Waals surface area contributed by atoms with Gasteiger partial charge in [0.25, 0.3) is 0 Å². The van der Waals surface area contributed by atoms with E-state index in [-0.39, 0.29) is 18.1 Å². The minimum Gasteiger partial charge on any atom is -0.391 e. The van der Waals surface area contributed by atoms with Crippen molar-refractivity contribution in [3.8, 4) is 0 Å². The molecule has 0 spiro atoms. The first-order valence-electron chi connectivity index (χ1n) is 8.34. The van der Waals surface area contributed by atoms with E-state index >= 15 is 0 Å². The number of nitrogens with one attached hydrogen (secondary N) is 1. The Morgan fingerprint density at radius 2 is 1.75 bits per heavy atom. The summed E-state index contributed by atoms with van der Waals surface area (Å²) in [6, 6.07) is 0.646. The van der Waals surface area contributed by atoms with Crippen LogP contribution in [0.5, 0.6) is 0 Å². The van der Waals surface area contributed by atoms with Crippen LogP contribution in [0.1, 0.15) is 64.2 Å². The third-order valence-electron chi connectivity index (χ3n) is 4.92. The molecule has 2 N–H and O–H groups in total. The fourth-order valence-corrected chi connectivity index (χ4v) is 3.60. The van der Waals surface area contributed by atoms with Crippen LogP contribution in [-0.4, -0.2) is 47.7 Å². The minimum absolute atomic E-state index is 0.175. The Bertz CT molecular complexity index is 303. The number of hydrogen-bond donors (Lipinski definition) is 2. The lowest BCUT2D eigenvalue weighted by Gasteiger charge is -2.35. The van der Waals surface area contributed by atoms with E-state index in [4.69, 9.17) is 0 Å². The molecule has 116 valence electrons. The number of carbonyl (C=O) groups is 1. The van der Waals surface area contributed by atoms with Gasteiger partial charge in [-0.15, -0.1) is 0 Å². The van der Waals surface area contributed by atoms with Crippen molar-refractivity contribution in [2.75, 3.05) is 13.6 Å². The van der Waals surface area contributed by atoms with Crippen LogP contribution in [0.2, 0.25) is 0 Å². The smallest absolute Gasteiger partial charge is 0.221 e. The van der Waals surface area contributed by atoms with Gasteiger partial charge in [-0.3, -0.25) is 4.79 Å². The zero-order valence-corrected chi connectivity index (χ0v) is 12.8. The van der Waals surface area contributed by atoms with Crippen molar-refractivity contribution < 1.29 is 9.90 Å². The predicted octanol–water partition coefficient (Wildman–Crippen LogP) is 2.06. The van der Waals surface area contributed by atoms with Gasteiger partial charge >= 0.3 is 0 Å². The molecule has 4 heteroatoms. The second kappa shape index (κ2) is 7.99. The number of hydrogen-bond acceptors (Lipinski definition) is 3. The molecule has 0 aromatic heterocycles. The molecule has 2 atom stereocenters. The van der Waals surface area contributed by atoms with Gasteiger partial charge in [-0.1, -0.05) is 32.1 Å². The summed E-state index contributed by atoms with van der Waals surface area (Å²) in [6.07, 6.45) is 10.7. The lowest BCUT2D eigenvalue weighted by molar-refractivity contribution is -0.122. The van der Waals surface area contributed by atoms with Crippen molar-refractivity contribution in [1.82, 2.24) is 10.2 Å². The van der Waals surface area contributed by atoms with E-state index in [9.17, 15) is 9.90 Å². The summed E-state index contributed by atoms with van der Waals surface area (Å²) in [5, 5.41) is 13.2. The summed E-state index contributed by atoms with van der Waals surface area (Å²) in [5.74, 6) is 0.175. The van der Waals surface area contributed by atoms with E-state index in [1.807, 2.05) is 7.05 Å². The molecule has 2 aliphatic carbocycles. The first-order chi connectivity index (χ1) is 9.66. The molecule has 2 unspecified atom stereocenters. The highest BCUT2D eigenvalue weighted by Gasteiger charge is 2.26. The normalized spacial score (nSPS) is 28.6. The standard InChI is InChI=1S/C16H30N2O2/c1-18(14-9-5-6-10-15(14)19)12-11-16(20)17-13-7-3-2-4-8-13/h13-15,19H,2-12H2,1H3,(H,17,20). The van der Waals surface area contributed by atoms with Gasteiger partial charge in [0, 0.05) is 25.0 Å². The van der Waals surface area contributed by atoms with Gasteiger partial charge in [0.2, 0.25) is 5.91 Å². The van der Waals surface area contributed by atoms with Crippen molar-refractivity contribution in [3.63, 3.8) is 0 Å². The highest BCUT2D eigenvalue weighted by molar-refractivity contribution is 5.76. The summed E-state index contributed by atoms with van der Waals surface area (Å²) in [4.78, 5) is 14.2. The fraction of sp³-hybridized carbons (Fsp3) is 0.938. The number of amides is 1. The first-order valence-corrected chi connectivity index (χ1v) is 8.34. The Kier molecular flexibility index (Phi) is 6.30. The van der Waals surface area contributed by atoms with Crippen molar-refractivity contribution in [2.24, 2.45) is 0 Å². The van der Waals surface area contributed by atoms with Gasteiger partial charge in [-0.25, -0.2) is 0 Å². The number of aliphatic hydroxyl groups excluding tert-OH is 1. The Morgan fingerprint density at radius 1 is 1.10 bits per heavy atom. The SMILES string of the molecule is CN(CCC(=O)NC1CCCCC1)C1CCCCC1O. The maximum atomic E-state index is 12.0. The van der Waals surface area contributed by atoms with Crippen LogP contribution in [0, 0.1) is 0 Å². The summed E-state index contributed by atoms with van der Waals surface area (Å²) in [5.41, 5.74) is 0. The summed E-state index contributed by atoms with van der Waals surface area (Å²) in [7, 11) is 2.03. The maximum absolute atomic E-state index is 12.0. The van der Waals surface area contributed by atoms with Gasteiger partial charge in [0.1, 0.15) is 0 Å². The van der Waals surface area contributed by atoms with Crippen LogP contribution in [0.4, 0.5) is 0 Å². The Balaban J connectivity index is 1.66. The van der Waals surface area contributed by atoms with Crippen molar-refractivity contribution in [1.29, 1.82) is 0 Å². The van der Waals surface area contributed by atoms with Crippen molar-refractivity contribution >= 4 is 5.91 Å². The maximum Gasteiger partial charge on any atom is 0.221 e. The summed E-state index contributed by atoms with van der Waals surface area (Å²) >= 11 is 0. The molecule has 0 aliphatic heterocycles. The molecule has 2 saturated carbocycles. The number of rotatable bonds is 5. The molecule has 2 aliphatic rings. The molecule has 0 heterocycles. The van der Waals surface area contributed by atoms with Gasteiger partial charge in [-0.2, -0.15) is 0 Å². The second-order valence-electron chi connectivity index (χ2n) is 6.55. The molecule has 2 rings (SSSR count). The quantitative estimate of drug-likeness (QED) is 0.811. The second-order valence-corrected chi connectivity index (χ2v) is 6.55. The van der Waals surface area contributed by atoms with E-state index in [1.165, 1.54) is 25.7 Å². The van der Waals surface area contributed by atoms with Crippen molar-refractivity contribution in [2.45, 2.75) is 82.4 Å². The van der Waals surface area contributed by atoms with Crippen LogP contribution in [0.15, 0.2) is 0 Å². The predicted molar refractivity (Wildman–Crippen MR) is 80.5 cm³/mol. The van der Waals surface area contributed by atoms with Gasteiger partial charge in [0.05, 0.1) is 6.10 Å². The molecule has 0 radical (unpaired) electrons. The molecule has 0 saturated heterocycles. The third-order valence-corrected chi connectivity index (χ3v) is 4.92. The van der Waals surface area contributed by atoms with Crippen LogP contribution < -0.4 is 5.32 Å². The van der Waals surface area contributed by atoms with E-state index in [0.717, 1.165) is 38.6 Å². The van der Waals surface area contributed by atoms with E-state index in [1.54, 1.807) is 0 Å². The Morgan fingerprint density at radius 3 is 2.45 bits per heavy atom. The summed E-state index contributed by atoms with van der Waals surface area (Å²) < 4.78 is 0. The van der Waals surface area contributed by atoms with Gasteiger partial charge < -0.3 is 15.3 Å². The highest BCUT2D eigenvalue weighted by atomic mass is 16.3. The van der Waals surface area contributed by atoms with E-state index in [2.05, 4.69) is 10.2 Å². The molecule has 1 amide bonds. The fourth-order valence-electron chi connectivity index (χ4n) is 3.60. The van der Waals surface area contributed by atoms with Crippen LogP contribution in [0.3, 0.4) is 0 Å². The number of carbonyl (C=O) groups excluding carboxylic acids is 1. The van der Waals surface area contributed by atoms with Crippen molar-refractivity contribution in [3.05, 3.63) is 0 Å². The molecule has 4 nitrogen and oxygen atoms in total. The molecular formula is C16H30N2O2. The highest BCUT2D eigenvalue weighted by Crippen LogP contribution is 2.22. The molecule has 0 aromatic carbocycles. The molecule has 0 aromatic rings. The van der Waals surface area contributed by atoms with Crippen LogP contribution >= 0.6 is 0 Å². The molecule has 2 fully saturated rings. The molecule has 20 heavy (non-hydrogen) atoms. The number of likely N-dealkylation sites (N-methyl/N-ethyl adjacent to an activating group) is 1. The lowest BCUT2D eigenvalue weighted by Crippen LogP contribution is -2.45. The Hall–Kier alpha value is -0.610. The average molecular weight is 282 g/mol. The van der Waals surface area contributed by atoms with Gasteiger partial charge in [-0.05, 0) is 32.7 Å². The topological polar surface area (TPSA) is 52.6 Å². The lowest BCUT2D eigenvalue weighted by atomic mass is 9.91. The molecular weight excluding hydrogens is 252 g/mol. The van der Waals surface area contributed by atoms with Crippen LogP contribution in [0.25, 0.3) is 0 Å². The minimum atomic E-state index is -0.213. The largest absolute Gasteiger partial charge is 0.391 e. The van der Waals surface area contributed by atoms with E-state index < -0.39 is 0 Å². The number of nitrogens with zero attached hydrogens (tertiary/aromatic N) is 1. The zero-order valence-electron chi connectivity index (χ0n) is 12.8. The number of aliphatic hydroxyl groups is 1. The third kappa shape index (κ3) is 4.74. The monoisotopic (exact) mass is 282 g/mol. The van der Waals surface area contributed by atoms with Crippen LogP contribution in [-0.2, 0) is 4.79 Å².